The molecule has 1 rings (SSSR count). The van der Waals surface area contributed by atoms with Crippen LogP contribution < -0.4 is 5.32 Å². The van der Waals surface area contributed by atoms with E-state index >= 15 is 0 Å². The van der Waals surface area contributed by atoms with E-state index in [0.717, 1.165) is 6.07 Å². The van der Waals surface area contributed by atoms with Crippen LogP contribution in [-0.4, -0.2) is 33.2 Å². The van der Waals surface area contributed by atoms with Crippen molar-refractivity contribution in [2.75, 3.05) is 0 Å². The lowest BCUT2D eigenvalue weighted by Gasteiger charge is -2.13. The van der Waals surface area contributed by atoms with Crippen LogP contribution in [0.3, 0.4) is 0 Å². The van der Waals surface area contributed by atoms with Gasteiger partial charge in [0.15, 0.2) is 11.5 Å². The van der Waals surface area contributed by atoms with Crippen LogP contribution in [0.1, 0.15) is 30.1 Å². The summed E-state index contributed by atoms with van der Waals surface area (Å²) in [6, 6.07) is 2.59. The standard InChI is InChI=1S/C12H15NO5/c1-2-3-8(12(17)18)13-11(16)7-4-5-9(14)10(15)6-7/h4-6,8,14-15H,2-3H2,1H3,(H,13,16)(H,17,18)/t8-/m1/s1. The van der Waals surface area contributed by atoms with Gasteiger partial charge in [0.2, 0.25) is 0 Å². The van der Waals surface area contributed by atoms with Gasteiger partial charge in [0, 0.05) is 5.56 Å². The topological polar surface area (TPSA) is 107 Å². The molecule has 1 amide bonds. The maximum atomic E-state index is 11.7. The Morgan fingerprint density at radius 1 is 1.28 bits per heavy atom. The molecule has 0 saturated heterocycles. The van der Waals surface area contributed by atoms with Crippen LogP contribution in [0, 0.1) is 0 Å². The maximum absolute atomic E-state index is 11.7. The first kappa shape index (κ1) is 13.8. The third-order valence-electron chi connectivity index (χ3n) is 2.42. The Kier molecular flexibility index (Phi) is 4.53. The number of carbonyl (C=O) groups excluding carboxylic acids is 1. The first-order valence-electron chi connectivity index (χ1n) is 5.51. The van der Waals surface area contributed by atoms with Gasteiger partial charge >= 0.3 is 5.97 Å². The molecule has 1 atom stereocenters. The van der Waals surface area contributed by atoms with Crippen molar-refractivity contribution in [2.24, 2.45) is 0 Å². The lowest BCUT2D eigenvalue weighted by Crippen LogP contribution is -2.40. The van der Waals surface area contributed by atoms with Crippen LogP contribution in [0.2, 0.25) is 0 Å². The molecule has 0 fully saturated rings. The quantitative estimate of drug-likeness (QED) is 0.587. The van der Waals surface area contributed by atoms with E-state index in [1.165, 1.54) is 12.1 Å². The first-order chi connectivity index (χ1) is 8.45. The monoisotopic (exact) mass is 253 g/mol. The van der Waals surface area contributed by atoms with E-state index in [4.69, 9.17) is 10.2 Å². The molecule has 0 bridgehead atoms. The SMILES string of the molecule is CCC[C@@H](NC(=O)c1ccc(O)c(O)c1)C(=O)O. The Bertz CT molecular complexity index is 458. The molecule has 98 valence electrons. The lowest BCUT2D eigenvalue weighted by atomic mass is 10.1. The van der Waals surface area contributed by atoms with Gasteiger partial charge in [0.1, 0.15) is 6.04 Å². The third kappa shape index (κ3) is 3.38. The first-order valence-corrected chi connectivity index (χ1v) is 5.51. The van der Waals surface area contributed by atoms with Crippen molar-refractivity contribution in [3.63, 3.8) is 0 Å². The number of phenols is 2. The Labute approximate surface area is 104 Å². The second-order valence-electron chi connectivity index (χ2n) is 3.86. The van der Waals surface area contributed by atoms with Crippen molar-refractivity contribution in [2.45, 2.75) is 25.8 Å². The molecular formula is C12H15NO5. The van der Waals surface area contributed by atoms with Crippen molar-refractivity contribution in [1.29, 1.82) is 0 Å². The summed E-state index contributed by atoms with van der Waals surface area (Å²) in [5.74, 6) is -2.47. The van der Waals surface area contributed by atoms with Crippen LogP contribution >= 0.6 is 0 Å². The van der Waals surface area contributed by atoms with Crippen LogP contribution in [0.15, 0.2) is 18.2 Å². The van der Waals surface area contributed by atoms with E-state index in [2.05, 4.69) is 5.32 Å². The third-order valence-corrected chi connectivity index (χ3v) is 2.42. The van der Waals surface area contributed by atoms with E-state index in [1.54, 1.807) is 0 Å². The molecule has 4 N–H and O–H groups in total. The number of amides is 1. The van der Waals surface area contributed by atoms with Crippen LogP contribution in [-0.2, 0) is 4.79 Å². The smallest absolute Gasteiger partial charge is 0.326 e. The number of rotatable bonds is 5. The molecule has 1 aromatic carbocycles. The molecule has 0 aliphatic heterocycles. The van der Waals surface area contributed by atoms with Gasteiger partial charge in [-0.1, -0.05) is 13.3 Å². The van der Waals surface area contributed by atoms with Gasteiger partial charge in [0.05, 0.1) is 0 Å². The van der Waals surface area contributed by atoms with Crippen molar-refractivity contribution in [3.8, 4) is 11.5 Å². The average molecular weight is 253 g/mol. The Balaban J connectivity index is 2.80. The molecule has 6 heteroatoms. The van der Waals surface area contributed by atoms with Gasteiger partial charge in [-0.3, -0.25) is 4.79 Å². The minimum Gasteiger partial charge on any atom is -0.504 e. The molecule has 0 aromatic heterocycles. The number of benzene rings is 1. The van der Waals surface area contributed by atoms with Gasteiger partial charge in [0.25, 0.3) is 5.91 Å². The summed E-state index contributed by atoms with van der Waals surface area (Å²) in [6.45, 7) is 1.81. The van der Waals surface area contributed by atoms with Gasteiger partial charge < -0.3 is 20.6 Å². The summed E-state index contributed by atoms with van der Waals surface area (Å²) in [7, 11) is 0. The number of nitrogens with one attached hydrogen (secondary N) is 1. The van der Waals surface area contributed by atoms with E-state index in [-0.39, 0.29) is 11.3 Å². The fraction of sp³-hybridized carbons (Fsp3) is 0.333. The van der Waals surface area contributed by atoms with Gasteiger partial charge in [-0.05, 0) is 24.6 Å². The fourth-order valence-corrected chi connectivity index (χ4v) is 1.45. The molecule has 0 saturated carbocycles. The zero-order valence-electron chi connectivity index (χ0n) is 9.88. The highest BCUT2D eigenvalue weighted by Gasteiger charge is 2.20. The van der Waals surface area contributed by atoms with E-state index in [0.29, 0.717) is 12.8 Å². The molecule has 6 nitrogen and oxygen atoms in total. The number of carbonyl (C=O) groups is 2. The second kappa shape index (κ2) is 5.90. The number of carboxylic acids is 1. The molecule has 1 aromatic rings. The summed E-state index contributed by atoms with van der Waals surface area (Å²) in [5, 5.41) is 29.6. The molecule has 18 heavy (non-hydrogen) atoms. The summed E-state index contributed by atoms with van der Waals surface area (Å²) in [5.41, 5.74) is 0.0904. The number of hydrogen-bond donors (Lipinski definition) is 4. The van der Waals surface area contributed by atoms with Crippen LogP contribution in [0.4, 0.5) is 0 Å². The molecule has 0 unspecified atom stereocenters. The summed E-state index contributed by atoms with van der Waals surface area (Å²) >= 11 is 0. The molecule has 0 aliphatic rings. The molecule has 0 spiro atoms. The second-order valence-corrected chi connectivity index (χ2v) is 3.86. The van der Waals surface area contributed by atoms with Gasteiger partial charge in [-0.15, -0.1) is 0 Å². The van der Waals surface area contributed by atoms with Crippen LogP contribution in [0.5, 0.6) is 11.5 Å². The summed E-state index contributed by atoms with van der Waals surface area (Å²) in [4.78, 5) is 22.6. The Morgan fingerprint density at radius 2 is 1.94 bits per heavy atom. The molecule has 0 radical (unpaired) electrons. The number of hydrogen-bond acceptors (Lipinski definition) is 4. The zero-order chi connectivity index (χ0) is 13.7. The van der Waals surface area contributed by atoms with Gasteiger partial charge in [-0.2, -0.15) is 0 Å². The largest absolute Gasteiger partial charge is 0.504 e. The van der Waals surface area contributed by atoms with E-state index in [9.17, 15) is 14.7 Å². The number of aliphatic carboxylic acids is 1. The van der Waals surface area contributed by atoms with Crippen molar-refractivity contribution < 1.29 is 24.9 Å². The number of aromatic hydroxyl groups is 2. The van der Waals surface area contributed by atoms with Crippen molar-refractivity contribution in [1.82, 2.24) is 5.32 Å². The predicted octanol–water partition coefficient (Wildman–Crippen LogP) is 1.08. The number of carboxylic acid groups (broad SMARTS) is 1. The predicted molar refractivity (Wildman–Crippen MR) is 63.6 cm³/mol. The highest BCUT2D eigenvalue weighted by atomic mass is 16.4. The highest BCUT2D eigenvalue weighted by Crippen LogP contribution is 2.24. The van der Waals surface area contributed by atoms with Gasteiger partial charge in [-0.25, -0.2) is 4.79 Å². The molecular weight excluding hydrogens is 238 g/mol. The van der Waals surface area contributed by atoms with Crippen LogP contribution in [0.25, 0.3) is 0 Å². The maximum Gasteiger partial charge on any atom is 0.326 e. The zero-order valence-corrected chi connectivity index (χ0v) is 9.88. The average Bonchev–Trinajstić information content (AvgIpc) is 2.31. The van der Waals surface area contributed by atoms with Crippen molar-refractivity contribution >= 4 is 11.9 Å². The minimum absolute atomic E-state index is 0.0904. The minimum atomic E-state index is -1.10. The van der Waals surface area contributed by atoms with E-state index in [1.807, 2.05) is 6.92 Å². The highest BCUT2D eigenvalue weighted by molar-refractivity contribution is 5.97. The fourth-order valence-electron chi connectivity index (χ4n) is 1.45. The van der Waals surface area contributed by atoms with E-state index < -0.39 is 23.7 Å². The Hall–Kier alpha value is -2.24. The Morgan fingerprint density at radius 3 is 2.44 bits per heavy atom. The lowest BCUT2D eigenvalue weighted by molar-refractivity contribution is -0.139. The van der Waals surface area contributed by atoms with Crippen molar-refractivity contribution in [3.05, 3.63) is 23.8 Å². The molecule has 0 aliphatic carbocycles. The summed E-state index contributed by atoms with van der Waals surface area (Å²) < 4.78 is 0. The summed E-state index contributed by atoms with van der Waals surface area (Å²) in [6.07, 6.45) is 0.948. The normalized spacial score (nSPS) is 11.8. The molecule has 0 heterocycles. The number of phenolic OH excluding ortho intramolecular Hbond substituents is 2.